The van der Waals surface area contributed by atoms with Crippen molar-refractivity contribution in [1.29, 1.82) is 0 Å². The average Bonchev–Trinajstić information content (AvgIpc) is 2.75. The zero-order valence-electron chi connectivity index (χ0n) is 17.4. The van der Waals surface area contributed by atoms with Crippen LogP contribution in [0.4, 0.5) is 0 Å². The van der Waals surface area contributed by atoms with Gasteiger partial charge in [0.05, 0.1) is 24.8 Å². The molecule has 2 aromatic rings. The predicted octanol–water partition coefficient (Wildman–Crippen LogP) is 4.84. The summed E-state index contributed by atoms with van der Waals surface area (Å²) in [7, 11) is 1.60. The molecule has 0 heterocycles. The van der Waals surface area contributed by atoms with Crippen molar-refractivity contribution in [2.45, 2.75) is 33.2 Å². The highest BCUT2D eigenvalue weighted by atomic mass is 79.9. The number of carbonyl (C=O) groups excluding carboxylic acids is 1. The summed E-state index contributed by atoms with van der Waals surface area (Å²) < 4.78 is 17.4. The molecule has 0 fully saturated rings. The average molecular weight is 495 g/mol. The molecule has 6 nitrogen and oxygen atoms in total. The molecule has 2 rings (SSSR count). The Labute approximate surface area is 191 Å². The summed E-state index contributed by atoms with van der Waals surface area (Å²) in [6, 6.07) is 10.9. The van der Waals surface area contributed by atoms with E-state index in [1.54, 1.807) is 25.3 Å². The summed E-state index contributed by atoms with van der Waals surface area (Å²) >= 11 is 8.69. The molecule has 0 atom stereocenters. The van der Waals surface area contributed by atoms with Gasteiger partial charge in [0.25, 0.3) is 5.91 Å². The Morgan fingerprint density at radius 3 is 2.30 bits per heavy atom. The Hall–Kier alpha value is -2.32. The summed E-state index contributed by atoms with van der Waals surface area (Å²) in [6.07, 6.45) is 1.83. The Kier molecular flexibility index (Phi) is 9.89. The van der Waals surface area contributed by atoms with Gasteiger partial charge < -0.3 is 19.5 Å². The maximum atomic E-state index is 12.5. The van der Waals surface area contributed by atoms with Gasteiger partial charge in [0.2, 0.25) is 0 Å². The third kappa shape index (κ3) is 7.18. The maximum absolute atomic E-state index is 12.5. The van der Waals surface area contributed by atoms with E-state index in [1.807, 2.05) is 32.0 Å². The minimum Gasteiger partial charge on any atom is -0.493 e. The van der Waals surface area contributed by atoms with Crippen molar-refractivity contribution < 1.29 is 19.0 Å². The van der Waals surface area contributed by atoms with E-state index in [1.165, 1.54) is 0 Å². The van der Waals surface area contributed by atoms with Gasteiger partial charge in [-0.15, -0.1) is 0 Å². The first-order chi connectivity index (χ1) is 14.5. The van der Waals surface area contributed by atoms with Crippen LogP contribution in [0.25, 0.3) is 0 Å². The van der Waals surface area contributed by atoms with Gasteiger partial charge in [-0.3, -0.25) is 10.1 Å². The Balaban J connectivity index is 1.91. The second-order valence-electron chi connectivity index (χ2n) is 6.46. The molecule has 0 aromatic heterocycles. The fraction of sp³-hybridized carbons (Fsp3) is 0.364. The van der Waals surface area contributed by atoms with Crippen LogP contribution >= 0.6 is 28.1 Å². The summed E-state index contributed by atoms with van der Waals surface area (Å²) in [5.41, 5.74) is 1.43. The zero-order chi connectivity index (χ0) is 21.9. The van der Waals surface area contributed by atoms with E-state index in [9.17, 15) is 4.79 Å². The van der Waals surface area contributed by atoms with E-state index in [4.69, 9.17) is 26.4 Å². The van der Waals surface area contributed by atoms with Crippen LogP contribution in [-0.4, -0.2) is 31.3 Å². The summed E-state index contributed by atoms with van der Waals surface area (Å²) in [5, 5.41) is 5.97. The SMILES string of the molecule is CCCOc1ccc(C(=O)NC(=S)NCc2ccc(OCCC)c(OC)c2)cc1Br. The van der Waals surface area contributed by atoms with Crippen molar-refractivity contribution in [3.05, 3.63) is 52.0 Å². The molecule has 162 valence electrons. The number of ether oxygens (including phenoxy) is 3. The molecule has 0 spiro atoms. The van der Waals surface area contributed by atoms with Gasteiger partial charge in [0, 0.05) is 12.1 Å². The van der Waals surface area contributed by atoms with Crippen molar-refractivity contribution in [2.24, 2.45) is 0 Å². The fourth-order valence-electron chi connectivity index (χ4n) is 2.53. The molecule has 0 saturated carbocycles. The molecule has 0 aliphatic heterocycles. The van der Waals surface area contributed by atoms with E-state index >= 15 is 0 Å². The number of thiocarbonyl (C=S) groups is 1. The summed E-state index contributed by atoms with van der Waals surface area (Å²) in [4.78, 5) is 12.5. The molecule has 0 unspecified atom stereocenters. The molecule has 30 heavy (non-hydrogen) atoms. The van der Waals surface area contributed by atoms with E-state index in [-0.39, 0.29) is 11.0 Å². The first-order valence-electron chi connectivity index (χ1n) is 9.79. The van der Waals surface area contributed by atoms with Crippen LogP contribution in [-0.2, 0) is 6.54 Å². The topological polar surface area (TPSA) is 68.8 Å². The Morgan fingerprint density at radius 2 is 1.67 bits per heavy atom. The fourth-order valence-corrected chi connectivity index (χ4v) is 3.18. The van der Waals surface area contributed by atoms with Crippen LogP contribution in [0.5, 0.6) is 17.2 Å². The van der Waals surface area contributed by atoms with Crippen molar-refractivity contribution >= 4 is 39.2 Å². The van der Waals surface area contributed by atoms with Crippen LogP contribution in [0.3, 0.4) is 0 Å². The molecule has 0 aliphatic rings. The standard InChI is InChI=1S/C22H27BrN2O4S/c1-4-10-28-18-9-7-16(13-17(18)23)21(26)25-22(30)24-14-15-6-8-19(29-11-5-2)20(12-15)27-3/h6-9,12-13H,4-5,10-11,14H2,1-3H3,(H2,24,25,26,30). The largest absolute Gasteiger partial charge is 0.493 e. The molecule has 0 aliphatic carbocycles. The number of benzene rings is 2. The summed E-state index contributed by atoms with van der Waals surface area (Å²) in [6.45, 7) is 5.78. The van der Waals surface area contributed by atoms with Gasteiger partial charge in [-0.1, -0.05) is 19.9 Å². The highest BCUT2D eigenvalue weighted by molar-refractivity contribution is 9.10. The quantitative estimate of drug-likeness (QED) is 0.460. The van der Waals surface area contributed by atoms with E-state index in [2.05, 4.69) is 26.6 Å². The van der Waals surface area contributed by atoms with Gasteiger partial charge in [0.1, 0.15) is 5.75 Å². The van der Waals surface area contributed by atoms with Gasteiger partial charge in [0.15, 0.2) is 16.6 Å². The van der Waals surface area contributed by atoms with Gasteiger partial charge >= 0.3 is 0 Å². The number of nitrogens with one attached hydrogen (secondary N) is 2. The predicted molar refractivity (Wildman–Crippen MR) is 126 cm³/mol. The number of hydrogen-bond donors (Lipinski definition) is 2. The molecule has 0 bridgehead atoms. The lowest BCUT2D eigenvalue weighted by atomic mass is 10.2. The molecule has 0 saturated heterocycles. The Morgan fingerprint density at radius 1 is 1.00 bits per heavy atom. The molecule has 8 heteroatoms. The van der Waals surface area contributed by atoms with Crippen molar-refractivity contribution in [1.82, 2.24) is 10.6 Å². The molecule has 1 amide bonds. The second kappa shape index (κ2) is 12.4. The molecular weight excluding hydrogens is 468 g/mol. The lowest BCUT2D eigenvalue weighted by Gasteiger charge is -2.13. The number of rotatable bonds is 10. The highest BCUT2D eigenvalue weighted by Gasteiger charge is 2.11. The number of halogens is 1. The summed E-state index contributed by atoms with van der Waals surface area (Å²) in [5.74, 6) is 1.77. The lowest BCUT2D eigenvalue weighted by Crippen LogP contribution is -2.38. The highest BCUT2D eigenvalue weighted by Crippen LogP contribution is 2.28. The van der Waals surface area contributed by atoms with Crippen molar-refractivity contribution in [3.8, 4) is 17.2 Å². The van der Waals surface area contributed by atoms with Crippen LogP contribution < -0.4 is 24.8 Å². The Bertz CT molecular complexity index is 876. The first-order valence-corrected chi connectivity index (χ1v) is 11.0. The van der Waals surface area contributed by atoms with Crippen LogP contribution in [0.2, 0.25) is 0 Å². The van der Waals surface area contributed by atoms with E-state index in [0.29, 0.717) is 42.6 Å². The van der Waals surface area contributed by atoms with Gasteiger partial charge in [-0.05, 0) is 76.9 Å². The molecule has 2 N–H and O–H groups in total. The van der Waals surface area contributed by atoms with Gasteiger partial charge in [-0.25, -0.2) is 0 Å². The zero-order valence-corrected chi connectivity index (χ0v) is 19.8. The van der Waals surface area contributed by atoms with Crippen LogP contribution in [0.1, 0.15) is 42.6 Å². The minimum absolute atomic E-state index is 0.243. The normalized spacial score (nSPS) is 10.3. The number of carbonyl (C=O) groups is 1. The maximum Gasteiger partial charge on any atom is 0.257 e. The van der Waals surface area contributed by atoms with E-state index in [0.717, 1.165) is 22.9 Å². The smallest absolute Gasteiger partial charge is 0.257 e. The minimum atomic E-state index is -0.295. The monoisotopic (exact) mass is 494 g/mol. The number of hydrogen-bond acceptors (Lipinski definition) is 5. The molecule has 2 aromatic carbocycles. The molecular formula is C22H27BrN2O4S. The lowest BCUT2D eigenvalue weighted by molar-refractivity contribution is 0.0976. The van der Waals surface area contributed by atoms with Gasteiger partial charge in [-0.2, -0.15) is 0 Å². The number of methoxy groups -OCH3 is 1. The van der Waals surface area contributed by atoms with Crippen molar-refractivity contribution in [2.75, 3.05) is 20.3 Å². The van der Waals surface area contributed by atoms with E-state index < -0.39 is 0 Å². The van der Waals surface area contributed by atoms with Crippen LogP contribution in [0, 0.1) is 0 Å². The molecule has 0 radical (unpaired) electrons. The number of amides is 1. The van der Waals surface area contributed by atoms with Crippen molar-refractivity contribution in [3.63, 3.8) is 0 Å². The third-order valence-corrected chi connectivity index (χ3v) is 4.89. The third-order valence-electron chi connectivity index (χ3n) is 4.03. The van der Waals surface area contributed by atoms with Crippen LogP contribution in [0.15, 0.2) is 40.9 Å². The first kappa shape index (κ1) is 24.0. The second-order valence-corrected chi connectivity index (χ2v) is 7.73.